The molecule has 0 aliphatic heterocycles. The van der Waals surface area contributed by atoms with Crippen molar-refractivity contribution in [2.75, 3.05) is 13.2 Å². The number of aliphatic hydroxyl groups is 1. The second-order valence-corrected chi connectivity index (χ2v) is 5.94. The molecule has 0 saturated heterocycles. The van der Waals surface area contributed by atoms with E-state index in [1.165, 1.54) is 0 Å². The third-order valence-corrected chi connectivity index (χ3v) is 4.87. The van der Waals surface area contributed by atoms with E-state index >= 15 is 0 Å². The summed E-state index contributed by atoms with van der Waals surface area (Å²) in [6.07, 6.45) is 1.64. The van der Waals surface area contributed by atoms with Gasteiger partial charge in [-0.2, -0.15) is 0 Å². The average Bonchev–Trinajstić information content (AvgIpc) is 2.43. The lowest BCUT2D eigenvalue weighted by atomic mass is 9.83. The third-order valence-electron chi connectivity index (χ3n) is 3.64. The van der Waals surface area contributed by atoms with E-state index in [0.29, 0.717) is 17.1 Å². The van der Waals surface area contributed by atoms with Crippen molar-refractivity contribution in [1.82, 2.24) is 5.32 Å². The minimum Gasteiger partial charge on any atom is -0.396 e. The van der Waals surface area contributed by atoms with Crippen LogP contribution in [0.5, 0.6) is 0 Å². The van der Waals surface area contributed by atoms with Crippen molar-refractivity contribution in [1.29, 1.82) is 0 Å². The maximum atomic E-state index is 12.0. The first-order valence-corrected chi connectivity index (χ1v) is 7.49. The fourth-order valence-corrected chi connectivity index (χ4v) is 2.21. The molecule has 19 heavy (non-hydrogen) atoms. The Balaban J connectivity index is 2.72. The van der Waals surface area contributed by atoms with Crippen LogP contribution in [-0.2, 0) is 0 Å². The van der Waals surface area contributed by atoms with Crippen molar-refractivity contribution in [3.63, 3.8) is 0 Å². The number of hydrogen-bond acceptors (Lipinski definition) is 2. The maximum Gasteiger partial charge on any atom is 0.251 e. The number of amides is 1. The van der Waals surface area contributed by atoms with E-state index in [1.54, 1.807) is 18.2 Å². The molecule has 1 rings (SSSR count). The van der Waals surface area contributed by atoms with Crippen molar-refractivity contribution in [2.45, 2.75) is 26.7 Å². The Morgan fingerprint density at radius 2 is 2.05 bits per heavy atom. The summed E-state index contributed by atoms with van der Waals surface area (Å²) in [4.78, 5) is 12.0. The van der Waals surface area contributed by atoms with Crippen LogP contribution in [-0.4, -0.2) is 24.2 Å². The van der Waals surface area contributed by atoms with Gasteiger partial charge >= 0.3 is 0 Å². The number of rotatable bonds is 6. The monoisotopic (exact) mass is 347 g/mol. The van der Waals surface area contributed by atoms with Crippen LogP contribution in [0.1, 0.15) is 37.0 Å². The lowest BCUT2D eigenvalue weighted by Gasteiger charge is -2.29. The summed E-state index contributed by atoms with van der Waals surface area (Å²) in [5, 5.41) is 12.8. The Hall–Kier alpha value is -0.580. The molecular formula is C14H19BrClNO2. The van der Waals surface area contributed by atoms with Gasteiger partial charge in [-0.25, -0.2) is 0 Å². The average molecular weight is 349 g/mol. The predicted molar refractivity (Wildman–Crippen MR) is 81.6 cm³/mol. The molecule has 0 heterocycles. The summed E-state index contributed by atoms with van der Waals surface area (Å²) in [5.74, 6) is -0.172. The Bertz CT molecular complexity index is 439. The zero-order valence-corrected chi connectivity index (χ0v) is 13.5. The van der Waals surface area contributed by atoms with Crippen LogP contribution >= 0.6 is 27.5 Å². The first kappa shape index (κ1) is 16.5. The van der Waals surface area contributed by atoms with Gasteiger partial charge in [0.15, 0.2) is 0 Å². The van der Waals surface area contributed by atoms with Gasteiger partial charge in [0.05, 0.1) is 11.6 Å². The highest BCUT2D eigenvalue weighted by molar-refractivity contribution is 9.10. The maximum absolute atomic E-state index is 12.0. The molecule has 3 nitrogen and oxygen atoms in total. The molecule has 0 radical (unpaired) electrons. The smallest absolute Gasteiger partial charge is 0.251 e. The number of halogens is 2. The minimum atomic E-state index is -0.241. The van der Waals surface area contributed by atoms with Gasteiger partial charge < -0.3 is 10.4 Å². The van der Waals surface area contributed by atoms with E-state index < -0.39 is 0 Å². The zero-order valence-electron chi connectivity index (χ0n) is 11.2. The van der Waals surface area contributed by atoms with Gasteiger partial charge in [0.1, 0.15) is 0 Å². The molecule has 0 aromatic heterocycles. The van der Waals surface area contributed by atoms with Crippen molar-refractivity contribution >= 4 is 33.4 Å². The molecule has 0 fully saturated rings. The largest absolute Gasteiger partial charge is 0.396 e. The molecule has 2 N–H and O–H groups in total. The standard InChI is InChI=1S/C14H19BrClNO2/c1-3-14(4-2,9-18)8-17-13(19)10-5-6-11(15)12(16)7-10/h5-7,18H,3-4,8-9H2,1-2H3,(H,17,19). The summed E-state index contributed by atoms with van der Waals surface area (Å²) >= 11 is 9.25. The predicted octanol–water partition coefficient (Wildman–Crippen LogP) is 3.63. The highest BCUT2D eigenvalue weighted by atomic mass is 79.9. The van der Waals surface area contributed by atoms with Gasteiger partial charge in [0, 0.05) is 22.0 Å². The zero-order chi connectivity index (χ0) is 14.5. The van der Waals surface area contributed by atoms with Gasteiger partial charge in [-0.05, 0) is 47.0 Å². The van der Waals surface area contributed by atoms with Crippen LogP contribution in [0, 0.1) is 5.41 Å². The number of benzene rings is 1. The van der Waals surface area contributed by atoms with Gasteiger partial charge in [0.2, 0.25) is 0 Å². The Kier molecular flexibility index (Phi) is 6.30. The van der Waals surface area contributed by atoms with Crippen molar-refractivity contribution in [3.8, 4) is 0 Å². The number of hydrogen-bond donors (Lipinski definition) is 2. The molecule has 0 atom stereocenters. The van der Waals surface area contributed by atoms with E-state index in [4.69, 9.17) is 11.6 Å². The molecular weight excluding hydrogens is 330 g/mol. The molecule has 0 aliphatic carbocycles. The third kappa shape index (κ3) is 4.20. The van der Waals surface area contributed by atoms with Crippen LogP contribution in [0.15, 0.2) is 22.7 Å². The summed E-state index contributed by atoms with van der Waals surface area (Å²) in [5.41, 5.74) is 0.279. The number of aliphatic hydroxyl groups excluding tert-OH is 1. The second kappa shape index (κ2) is 7.27. The number of carbonyl (C=O) groups excluding carboxylic acids is 1. The van der Waals surface area contributed by atoms with Crippen LogP contribution in [0.25, 0.3) is 0 Å². The van der Waals surface area contributed by atoms with E-state index in [0.717, 1.165) is 17.3 Å². The highest BCUT2D eigenvalue weighted by Crippen LogP contribution is 2.25. The van der Waals surface area contributed by atoms with Crippen molar-refractivity contribution in [3.05, 3.63) is 33.3 Å². The molecule has 5 heteroatoms. The SMILES string of the molecule is CCC(CC)(CO)CNC(=O)c1ccc(Br)c(Cl)c1. The summed E-state index contributed by atoms with van der Waals surface area (Å²) in [6.45, 7) is 4.56. The quantitative estimate of drug-likeness (QED) is 0.824. The first-order chi connectivity index (χ1) is 8.98. The van der Waals surface area contributed by atoms with E-state index in [9.17, 15) is 9.90 Å². The molecule has 1 aromatic rings. The summed E-state index contributed by atoms with van der Waals surface area (Å²) < 4.78 is 0.762. The fourth-order valence-electron chi connectivity index (χ4n) is 1.79. The second-order valence-electron chi connectivity index (χ2n) is 4.68. The van der Waals surface area contributed by atoms with Crippen molar-refractivity contribution < 1.29 is 9.90 Å². The Morgan fingerprint density at radius 3 is 2.53 bits per heavy atom. The number of carbonyl (C=O) groups is 1. The van der Waals surface area contributed by atoms with Crippen LogP contribution in [0.4, 0.5) is 0 Å². The molecule has 0 unspecified atom stereocenters. The topological polar surface area (TPSA) is 49.3 Å². The molecule has 0 spiro atoms. The van der Waals surface area contributed by atoms with Gasteiger partial charge in [-0.3, -0.25) is 4.79 Å². The normalized spacial score (nSPS) is 11.4. The van der Waals surface area contributed by atoms with Gasteiger partial charge in [0.25, 0.3) is 5.91 Å². The molecule has 106 valence electrons. The van der Waals surface area contributed by atoms with Crippen molar-refractivity contribution in [2.24, 2.45) is 5.41 Å². The Labute approximate surface area is 127 Å². The summed E-state index contributed by atoms with van der Waals surface area (Å²) in [7, 11) is 0. The highest BCUT2D eigenvalue weighted by Gasteiger charge is 2.26. The van der Waals surface area contributed by atoms with E-state index in [1.807, 2.05) is 13.8 Å². The molecule has 0 saturated carbocycles. The van der Waals surface area contributed by atoms with Gasteiger partial charge in [-0.15, -0.1) is 0 Å². The summed E-state index contributed by atoms with van der Waals surface area (Å²) in [6, 6.07) is 5.08. The fraction of sp³-hybridized carbons (Fsp3) is 0.500. The van der Waals surface area contributed by atoms with Gasteiger partial charge in [-0.1, -0.05) is 25.4 Å². The lowest BCUT2D eigenvalue weighted by Crippen LogP contribution is -2.39. The molecule has 1 amide bonds. The van der Waals surface area contributed by atoms with E-state index in [-0.39, 0.29) is 17.9 Å². The first-order valence-electron chi connectivity index (χ1n) is 6.32. The molecule has 1 aromatic carbocycles. The van der Waals surface area contributed by atoms with Crippen LogP contribution in [0.2, 0.25) is 5.02 Å². The molecule has 0 aliphatic rings. The van der Waals surface area contributed by atoms with E-state index in [2.05, 4.69) is 21.2 Å². The molecule has 0 bridgehead atoms. The minimum absolute atomic E-state index is 0.0708. The Morgan fingerprint density at radius 1 is 1.42 bits per heavy atom. The van der Waals surface area contributed by atoms with Crippen LogP contribution in [0.3, 0.4) is 0 Å². The number of nitrogens with one attached hydrogen (secondary N) is 1. The lowest BCUT2D eigenvalue weighted by molar-refractivity contribution is 0.0851. The van der Waals surface area contributed by atoms with Crippen LogP contribution < -0.4 is 5.32 Å².